The molecular formula is C12H7N3O2S2. The lowest BCUT2D eigenvalue weighted by Gasteiger charge is -2.07. The third-order valence-corrected chi connectivity index (χ3v) is 5.10. The van der Waals surface area contributed by atoms with E-state index >= 15 is 0 Å². The summed E-state index contributed by atoms with van der Waals surface area (Å²) in [6.45, 7) is 0. The number of anilines is 1. The van der Waals surface area contributed by atoms with Gasteiger partial charge in [0.25, 0.3) is 10.0 Å². The predicted octanol–water partition coefficient (Wildman–Crippen LogP) is 2.29. The number of hydrogen-bond acceptors (Lipinski definition) is 5. The SMILES string of the molecule is N#Cc1ccc(S(=O)(=O)Nc2ccccc2C#N)s1. The fourth-order valence-corrected chi connectivity index (χ4v) is 3.57. The van der Waals surface area contributed by atoms with Gasteiger partial charge in [-0.15, -0.1) is 11.3 Å². The van der Waals surface area contributed by atoms with Crippen molar-refractivity contribution in [2.45, 2.75) is 4.21 Å². The first kappa shape index (κ1) is 13.1. The summed E-state index contributed by atoms with van der Waals surface area (Å²) >= 11 is 0.878. The van der Waals surface area contributed by atoms with Crippen molar-refractivity contribution in [3.63, 3.8) is 0 Å². The van der Waals surface area contributed by atoms with E-state index in [1.54, 1.807) is 12.1 Å². The normalized spacial score (nSPS) is 10.4. The van der Waals surface area contributed by atoms with Gasteiger partial charge in [-0.05, 0) is 24.3 Å². The molecule has 0 aliphatic heterocycles. The van der Waals surface area contributed by atoms with E-state index in [1.807, 2.05) is 12.1 Å². The Kier molecular flexibility index (Phi) is 3.52. The van der Waals surface area contributed by atoms with Gasteiger partial charge in [-0.1, -0.05) is 12.1 Å². The minimum Gasteiger partial charge on any atom is -0.278 e. The van der Waals surface area contributed by atoms with Gasteiger partial charge in [-0.3, -0.25) is 4.72 Å². The van der Waals surface area contributed by atoms with Crippen LogP contribution in [0.1, 0.15) is 10.4 Å². The van der Waals surface area contributed by atoms with Crippen molar-refractivity contribution in [1.82, 2.24) is 0 Å². The van der Waals surface area contributed by atoms with E-state index in [-0.39, 0.29) is 15.5 Å². The van der Waals surface area contributed by atoms with Crippen molar-refractivity contribution >= 4 is 27.0 Å². The van der Waals surface area contributed by atoms with Gasteiger partial charge in [0.2, 0.25) is 0 Å². The van der Waals surface area contributed by atoms with Crippen molar-refractivity contribution < 1.29 is 8.42 Å². The maximum Gasteiger partial charge on any atom is 0.271 e. The minimum absolute atomic E-state index is 0.0387. The number of thiophene rings is 1. The third kappa shape index (κ3) is 2.74. The number of nitrogens with one attached hydrogen (secondary N) is 1. The van der Waals surface area contributed by atoms with Gasteiger partial charge in [0.05, 0.1) is 11.3 Å². The van der Waals surface area contributed by atoms with Gasteiger partial charge in [0.1, 0.15) is 21.2 Å². The number of sulfonamides is 1. The zero-order chi connectivity index (χ0) is 13.9. The summed E-state index contributed by atoms with van der Waals surface area (Å²) < 4.78 is 26.5. The molecule has 1 heterocycles. The zero-order valence-electron chi connectivity index (χ0n) is 9.49. The molecular weight excluding hydrogens is 282 g/mol. The minimum atomic E-state index is -3.77. The molecule has 0 aliphatic rings. The fraction of sp³-hybridized carbons (Fsp3) is 0. The van der Waals surface area contributed by atoms with E-state index in [0.717, 1.165) is 11.3 Å². The lowest BCUT2D eigenvalue weighted by molar-refractivity contribution is 0.603. The van der Waals surface area contributed by atoms with E-state index in [2.05, 4.69) is 4.72 Å². The Hall–Kier alpha value is -2.35. The first-order valence-electron chi connectivity index (χ1n) is 5.09. The largest absolute Gasteiger partial charge is 0.278 e. The monoisotopic (exact) mass is 289 g/mol. The second kappa shape index (κ2) is 5.11. The maximum absolute atomic E-state index is 12.1. The Morgan fingerprint density at radius 1 is 1.05 bits per heavy atom. The Balaban J connectivity index is 2.37. The summed E-state index contributed by atoms with van der Waals surface area (Å²) in [6, 6.07) is 12.9. The predicted molar refractivity (Wildman–Crippen MR) is 71.0 cm³/mol. The van der Waals surface area contributed by atoms with Crippen molar-refractivity contribution in [1.29, 1.82) is 10.5 Å². The molecule has 0 unspecified atom stereocenters. The van der Waals surface area contributed by atoms with Crippen LogP contribution in [0, 0.1) is 22.7 Å². The molecule has 1 N–H and O–H groups in total. The van der Waals surface area contributed by atoms with Crippen LogP contribution in [0.25, 0.3) is 0 Å². The number of nitriles is 2. The van der Waals surface area contributed by atoms with Gasteiger partial charge < -0.3 is 0 Å². The molecule has 0 bridgehead atoms. The first-order valence-corrected chi connectivity index (χ1v) is 7.38. The number of benzene rings is 1. The van der Waals surface area contributed by atoms with Gasteiger partial charge in [-0.2, -0.15) is 10.5 Å². The first-order chi connectivity index (χ1) is 9.06. The van der Waals surface area contributed by atoms with E-state index < -0.39 is 10.0 Å². The van der Waals surface area contributed by atoms with Crippen LogP contribution in [-0.4, -0.2) is 8.42 Å². The van der Waals surface area contributed by atoms with Crippen LogP contribution < -0.4 is 4.72 Å². The average molecular weight is 289 g/mol. The average Bonchev–Trinajstić information content (AvgIpc) is 2.88. The van der Waals surface area contributed by atoms with Gasteiger partial charge in [0.15, 0.2) is 0 Å². The van der Waals surface area contributed by atoms with Crippen LogP contribution in [0.15, 0.2) is 40.6 Å². The maximum atomic E-state index is 12.1. The molecule has 0 fully saturated rings. The second-order valence-corrected chi connectivity index (χ2v) is 6.49. The molecule has 5 nitrogen and oxygen atoms in total. The van der Waals surface area contributed by atoms with E-state index in [1.165, 1.54) is 24.3 Å². The molecule has 0 saturated heterocycles. The van der Waals surface area contributed by atoms with Gasteiger partial charge >= 0.3 is 0 Å². The van der Waals surface area contributed by atoms with Gasteiger partial charge in [0, 0.05) is 0 Å². The summed E-state index contributed by atoms with van der Waals surface area (Å²) in [5.74, 6) is 0. The molecule has 2 rings (SSSR count). The molecule has 94 valence electrons. The summed E-state index contributed by atoms with van der Waals surface area (Å²) in [5.41, 5.74) is 0.458. The highest BCUT2D eigenvalue weighted by molar-refractivity contribution is 7.94. The molecule has 0 saturated carbocycles. The number of rotatable bonds is 3. The highest BCUT2D eigenvalue weighted by Crippen LogP contribution is 2.24. The van der Waals surface area contributed by atoms with E-state index in [0.29, 0.717) is 4.88 Å². The highest BCUT2D eigenvalue weighted by atomic mass is 32.2. The molecule has 2 aromatic rings. The Morgan fingerprint density at radius 3 is 2.42 bits per heavy atom. The molecule has 0 atom stereocenters. The van der Waals surface area contributed by atoms with Crippen LogP contribution >= 0.6 is 11.3 Å². The molecule has 0 aliphatic carbocycles. The third-order valence-electron chi connectivity index (χ3n) is 2.25. The van der Waals surface area contributed by atoms with Crippen molar-refractivity contribution in [3.05, 3.63) is 46.8 Å². The fourth-order valence-electron chi connectivity index (χ4n) is 1.39. The summed E-state index contributed by atoms with van der Waals surface area (Å²) in [6.07, 6.45) is 0. The summed E-state index contributed by atoms with van der Waals surface area (Å²) in [5, 5.41) is 17.6. The second-order valence-electron chi connectivity index (χ2n) is 3.49. The molecule has 0 amide bonds. The summed E-state index contributed by atoms with van der Waals surface area (Å²) in [7, 11) is -3.77. The van der Waals surface area contributed by atoms with Crippen LogP contribution in [0.4, 0.5) is 5.69 Å². The number of nitrogens with zero attached hydrogens (tertiary/aromatic N) is 2. The highest BCUT2D eigenvalue weighted by Gasteiger charge is 2.18. The molecule has 19 heavy (non-hydrogen) atoms. The lowest BCUT2D eigenvalue weighted by Crippen LogP contribution is -2.12. The van der Waals surface area contributed by atoms with Crippen LogP contribution in [0.3, 0.4) is 0 Å². The topological polar surface area (TPSA) is 93.8 Å². The molecule has 1 aromatic heterocycles. The van der Waals surface area contributed by atoms with Crippen LogP contribution in [0.5, 0.6) is 0 Å². The smallest absolute Gasteiger partial charge is 0.271 e. The van der Waals surface area contributed by atoms with Crippen molar-refractivity contribution in [2.75, 3.05) is 4.72 Å². The number of hydrogen-bond donors (Lipinski definition) is 1. The van der Waals surface area contributed by atoms with Crippen molar-refractivity contribution in [3.8, 4) is 12.1 Å². The van der Waals surface area contributed by atoms with Crippen LogP contribution in [-0.2, 0) is 10.0 Å². The Labute approximate surface area is 114 Å². The Morgan fingerprint density at radius 2 is 1.79 bits per heavy atom. The van der Waals surface area contributed by atoms with E-state index in [4.69, 9.17) is 10.5 Å². The molecule has 0 radical (unpaired) electrons. The van der Waals surface area contributed by atoms with Gasteiger partial charge in [-0.25, -0.2) is 8.42 Å². The summed E-state index contributed by atoms with van der Waals surface area (Å²) in [4.78, 5) is 0.314. The molecule has 1 aromatic carbocycles. The molecule has 0 spiro atoms. The van der Waals surface area contributed by atoms with E-state index in [9.17, 15) is 8.42 Å². The number of para-hydroxylation sites is 1. The lowest BCUT2D eigenvalue weighted by atomic mass is 10.2. The quantitative estimate of drug-likeness (QED) is 0.938. The molecule has 7 heteroatoms. The van der Waals surface area contributed by atoms with Crippen LogP contribution in [0.2, 0.25) is 0 Å². The Bertz CT molecular complexity index is 795. The zero-order valence-corrected chi connectivity index (χ0v) is 11.1. The van der Waals surface area contributed by atoms with Crippen molar-refractivity contribution in [2.24, 2.45) is 0 Å². The standard InChI is InChI=1S/C12H7N3O2S2/c13-7-9-3-1-2-4-11(9)15-19(16,17)12-6-5-10(8-14)18-12/h1-6,15H.